The number of halogens is 1. The van der Waals surface area contributed by atoms with Gasteiger partial charge in [-0.3, -0.25) is 9.59 Å². The number of amides is 2. The summed E-state index contributed by atoms with van der Waals surface area (Å²) in [5.41, 5.74) is 1.15. The molecule has 192 valence electrons. The maximum Gasteiger partial charge on any atom is 0.274 e. The third-order valence-corrected chi connectivity index (χ3v) is 8.34. The molecule has 2 fully saturated rings. The lowest BCUT2D eigenvalue weighted by atomic mass is 10.0. The molecule has 0 radical (unpaired) electrons. The molecule has 3 aliphatic rings. The molecule has 7 nitrogen and oxygen atoms in total. The Hall–Kier alpha value is -3.46. The van der Waals surface area contributed by atoms with Crippen molar-refractivity contribution in [1.29, 1.82) is 0 Å². The minimum atomic E-state index is -0.359. The van der Waals surface area contributed by atoms with Gasteiger partial charge in [-0.15, -0.1) is 11.3 Å². The van der Waals surface area contributed by atoms with Crippen molar-refractivity contribution in [3.8, 4) is 21.9 Å². The first-order valence-electron chi connectivity index (χ1n) is 12.8. The van der Waals surface area contributed by atoms with Crippen molar-refractivity contribution in [1.82, 2.24) is 15.2 Å². The summed E-state index contributed by atoms with van der Waals surface area (Å²) in [6.07, 6.45) is 4.71. The van der Waals surface area contributed by atoms with Gasteiger partial charge >= 0.3 is 0 Å². The van der Waals surface area contributed by atoms with Crippen molar-refractivity contribution < 1.29 is 23.5 Å². The number of piperidine rings is 1. The van der Waals surface area contributed by atoms with E-state index in [1.807, 2.05) is 0 Å². The number of fused-ring (bicyclic) bond motifs is 1. The van der Waals surface area contributed by atoms with Gasteiger partial charge in [-0.25, -0.2) is 9.37 Å². The zero-order valence-corrected chi connectivity index (χ0v) is 21.2. The summed E-state index contributed by atoms with van der Waals surface area (Å²) in [6.45, 7) is 1.72. The van der Waals surface area contributed by atoms with Crippen LogP contribution in [0.4, 0.5) is 4.39 Å². The number of likely N-dealkylation sites (tertiary alicyclic amines) is 1. The Morgan fingerprint density at radius 1 is 1.05 bits per heavy atom. The van der Waals surface area contributed by atoms with Gasteiger partial charge < -0.3 is 19.7 Å². The van der Waals surface area contributed by atoms with Crippen LogP contribution in [0.15, 0.2) is 42.5 Å². The normalized spacial score (nSPS) is 18.9. The van der Waals surface area contributed by atoms with Crippen molar-refractivity contribution in [3.05, 3.63) is 64.5 Å². The van der Waals surface area contributed by atoms with E-state index in [1.165, 1.54) is 17.4 Å². The minimum absolute atomic E-state index is 0.179. The first-order chi connectivity index (χ1) is 18.1. The molecule has 3 heterocycles. The highest BCUT2D eigenvalue weighted by Crippen LogP contribution is 2.45. The molecule has 9 heteroatoms. The highest BCUT2D eigenvalue weighted by Gasteiger charge is 2.35. The van der Waals surface area contributed by atoms with E-state index in [9.17, 15) is 14.0 Å². The van der Waals surface area contributed by atoms with Gasteiger partial charge in [0.05, 0.1) is 15.4 Å². The lowest BCUT2D eigenvalue weighted by Crippen LogP contribution is -2.49. The fraction of sp³-hybridized carbons (Fsp3) is 0.393. The number of ether oxygens (including phenoxy) is 2. The van der Waals surface area contributed by atoms with E-state index in [0.29, 0.717) is 65.4 Å². The first kappa shape index (κ1) is 23.9. The van der Waals surface area contributed by atoms with Crippen LogP contribution in [-0.2, 0) is 0 Å². The van der Waals surface area contributed by atoms with Crippen LogP contribution in [0.3, 0.4) is 0 Å². The molecular formula is C28H28FN3O4S. The Bertz CT molecular complexity index is 1340. The molecule has 2 aliphatic heterocycles. The molecule has 1 atom stereocenters. The summed E-state index contributed by atoms with van der Waals surface area (Å²) in [5, 5.41) is 3.90. The summed E-state index contributed by atoms with van der Waals surface area (Å²) in [7, 11) is 0. The standard InChI is InChI=1S/C28H28FN3O4S/c29-21-9-2-1-7-19(21)25-23(31-27(37-25)17-11-12-17)28(34)32-13-4-3-6-18(32)16-30-26(33)20-8-5-10-22-24(20)36-15-14-35-22/h1-2,5,7-10,17-18H,3-4,6,11-16H2,(H,30,33)/t18-/m0/s1. The summed E-state index contributed by atoms with van der Waals surface area (Å²) < 4.78 is 26.0. The molecule has 0 spiro atoms. The average molecular weight is 522 g/mol. The quantitative estimate of drug-likeness (QED) is 0.493. The predicted molar refractivity (Wildman–Crippen MR) is 138 cm³/mol. The van der Waals surface area contributed by atoms with Crippen LogP contribution in [-0.4, -0.2) is 54.0 Å². The van der Waals surface area contributed by atoms with Crippen LogP contribution in [0.1, 0.15) is 63.9 Å². The van der Waals surface area contributed by atoms with Crippen molar-refractivity contribution in [2.45, 2.75) is 44.1 Å². The lowest BCUT2D eigenvalue weighted by Gasteiger charge is -2.35. The number of benzene rings is 2. The first-order valence-corrected chi connectivity index (χ1v) is 13.6. The minimum Gasteiger partial charge on any atom is -0.486 e. The molecule has 3 aromatic rings. The molecule has 1 N–H and O–H groups in total. The third-order valence-electron chi connectivity index (χ3n) is 7.09. The third kappa shape index (κ3) is 4.80. The zero-order valence-electron chi connectivity index (χ0n) is 20.4. The molecule has 1 saturated heterocycles. The van der Waals surface area contributed by atoms with E-state index in [-0.39, 0.29) is 23.7 Å². The van der Waals surface area contributed by atoms with E-state index < -0.39 is 0 Å². The van der Waals surface area contributed by atoms with Crippen molar-refractivity contribution >= 4 is 23.2 Å². The van der Waals surface area contributed by atoms with Crippen molar-refractivity contribution in [2.24, 2.45) is 0 Å². The summed E-state index contributed by atoms with van der Waals surface area (Å²) >= 11 is 1.43. The molecule has 1 aliphatic carbocycles. The fourth-order valence-corrected chi connectivity index (χ4v) is 6.24. The van der Waals surface area contributed by atoms with Crippen LogP contribution in [0, 0.1) is 5.82 Å². The molecule has 37 heavy (non-hydrogen) atoms. The van der Waals surface area contributed by atoms with Crippen LogP contribution in [0.25, 0.3) is 10.4 Å². The van der Waals surface area contributed by atoms with Crippen LogP contribution in [0.2, 0.25) is 0 Å². The van der Waals surface area contributed by atoms with E-state index in [1.54, 1.807) is 41.3 Å². The van der Waals surface area contributed by atoms with Gasteiger partial charge in [0.15, 0.2) is 11.5 Å². The second kappa shape index (κ2) is 10.1. The number of hydrogen-bond donors (Lipinski definition) is 1. The fourth-order valence-electron chi connectivity index (χ4n) is 4.99. The molecule has 0 unspecified atom stereocenters. The molecule has 1 aromatic heterocycles. The number of nitrogens with one attached hydrogen (secondary N) is 1. The van der Waals surface area contributed by atoms with Gasteiger partial charge in [-0.05, 0) is 50.3 Å². The van der Waals surface area contributed by atoms with E-state index in [0.717, 1.165) is 37.1 Å². The number of rotatable bonds is 6. The lowest BCUT2D eigenvalue weighted by molar-refractivity contribution is 0.0597. The van der Waals surface area contributed by atoms with E-state index >= 15 is 0 Å². The van der Waals surface area contributed by atoms with Crippen LogP contribution < -0.4 is 14.8 Å². The van der Waals surface area contributed by atoms with Gasteiger partial charge in [0.2, 0.25) is 0 Å². The number of carbonyl (C=O) groups is 2. The molecule has 0 bridgehead atoms. The topological polar surface area (TPSA) is 80.8 Å². The molecule has 1 saturated carbocycles. The summed E-state index contributed by atoms with van der Waals surface area (Å²) in [5.74, 6) is 0.543. The average Bonchev–Trinajstić information content (AvgIpc) is 3.70. The Labute approximate surface area is 218 Å². The van der Waals surface area contributed by atoms with Crippen LogP contribution in [0.5, 0.6) is 11.5 Å². The SMILES string of the molecule is O=C(NC[C@@H]1CCCCN1C(=O)c1nc(C2CC2)sc1-c1ccccc1F)c1cccc2c1OCCO2. The van der Waals surface area contributed by atoms with Crippen LogP contribution >= 0.6 is 11.3 Å². The molecule has 6 rings (SSSR count). The highest BCUT2D eigenvalue weighted by atomic mass is 32.1. The van der Waals surface area contributed by atoms with Crippen molar-refractivity contribution in [2.75, 3.05) is 26.3 Å². The van der Waals surface area contributed by atoms with Gasteiger partial charge in [0.1, 0.15) is 24.7 Å². The predicted octanol–water partition coefficient (Wildman–Crippen LogP) is 5.02. The smallest absolute Gasteiger partial charge is 0.274 e. The maximum atomic E-state index is 14.7. The van der Waals surface area contributed by atoms with Gasteiger partial charge in [-0.1, -0.05) is 24.3 Å². The number of aromatic nitrogens is 1. The zero-order chi connectivity index (χ0) is 25.4. The Balaban J connectivity index is 1.23. The van der Waals surface area contributed by atoms with Gasteiger partial charge in [0, 0.05) is 30.6 Å². The number of para-hydroxylation sites is 1. The molecular weight excluding hydrogens is 493 g/mol. The van der Waals surface area contributed by atoms with E-state index in [4.69, 9.17) is 14.5 Å². The second-order valence-corrected chi connectivity index (χ2v) is 10.7. The maximum absolute atomic E-state index is 14.7. The summed E-state index contributed by atoms with van der Waals surface area (Å²) in [6, 6.07) is 11.6. The molecule has 2 aromatic carbocycles. The largest absolute Gasteiger partial charge is 0.486 e. The Morgan fingerprint density at radius 3 is 2.73 bits per heavy atom. The van der Waals surface area contributed by atoms with Gasteiger partial charge in [0.25, 0.3) is 11.8 Å². The number of nitrogens with zero attached hydrogens (tertiary/aromatic N) is 2. The van der Waals surface area contributed by atoms with Crippen molar-refractivity contribution in [3.63, 3.8) is 0 Å². The Kier molecular flexibility index (Phi) is 6.54. The Morgan fingerprint density at radius 2 is 1.89 bits per heavy atom. The number of thiazole rings is 1. The molecule has 2 amide bonds. The van der Waals surface area contributed by atoms with E-state index in [2.05, 4.69) is 5.32 Å². The monoisotopic (exact) mass is 521 g/mol. The van der Waals surface area contributed by atoms with Gasteiger partial charge in [-0.2, -0.15) is 0 Å². The second-order valence-electron chi connectivity index (χ2n) is 9.67. The summed E-state index contributed by atoms with van der Waals surface area (Å²) in [4.78, 5) is 34.1. The highest BCUT2D eigenvalue weighted by molar-refractivity contribution is 7.15. The number of carbonyl (C=O) groups excluding carboxylic acids is 2. The number of hydrogen-bond acceptors (Lipinski definition) is 6.